The number of carbonyl (C=O) groups excluding carboxylic acids is 2. The van der Waals surface area contributed by atoms with Crippen LogP contribution in [-0.4, -0.2) is 50.0 Å². The fraction of sp³-hybridized carbons (Fsp3) is 0.417. The van der Waals surface area contributed by atoms with Gasteiger partial charge < -0.3 is 10.2 Å². The zero-order valence-electron chi connectivity index (χ0n) is 19.7. The summed E-state index contributed by atoms with van der Waals surface area (Å²) in [5.41, 5.74) is 1.91. The van der Waals surface area contributed by atoms with Gasteiger partial charge in [0.2, 0.25) is 21.8 Å². The van der Waals surface area contributed by atoms with Crippen molar-refractivity contribution < 1.29 is 18.0 Å². The second kappa shape index (κ2) is 11.5. The number of rotatable bonds is 10. The summed E-state index contributed by atoms with van der Waals surface area (Å²) in [6.45, 7) is 7.01. The summed E-state index contributed by atoms with van der Waals surface area (Å²) in [5.74, 6) is -0.786. The van der Waals surface area contributed by atoms with Crippen molar-refractivity contribution in [3.05, 3.63) is 64.7 Å². The van der Waals surface area contributed by atoms with Crippen LogP contribution in [0.4, 0.5) is 5.69 Å². The lowest BCUT2D eigenvalue weighted by Gasteiger charge is -2.32. The highest BCUT2D eigenvalue weighted by atomic mass is 35.5. The van der Waals surface area contributed by atoms with E-state index in [-0.39, 0.29) is 24.2 Å². The van der Waals surface area contributed by atoms with Gasteiger partial charge in [0.25, 0.3) is 0 Å². The van der Waals surface area contributed by atoms with E-state index in [4.69, 9.17) is 11.6 Å². The number of anilines is 1. The van der Waals surface area contributed by atoms with E-state index in [1.807, 2.05) is 44.2 Å². The Balaban J connectivity index is 2.38. The Morgan fingerprint density at radius 1 is 1.09 bits per heavy atom. The fourth-order valence-electron chi connectivity index (χ4n) is 3.18. The standard InChI is InChI=1S/C24H32ClN3O4S/c1-6-18(3)26-24(30)19(4)27(15-20-10-8-7-9-11-20)23(29)16-28(33(5,31)32)21-13-12-17(2)22(25)14-21/h7-14,18-19H,6,15-16H2,1-5H3,(H,26,30)/t18-,19+/m1/s1. The van der Waals surface area contributed by atoms with Crippen molar-refractivity contribution >= 4 is 39.1 Å². The van der Waals surface area contributed by atoms with Crippen LogP contribution in [0, 0.1) is 6.92 Å². The van der Waals surface area contributed by atoms with Gasteiger partial charge in [-0.1, -0.05) is 54.9 Å². The zero-order valence-corrected chi connectivity index (χ0v) is 21.3. The highest BCUT2D eigenvalue weighted by Gasteiger charge is 2.30. The van der Waals surface area contributed by atoms with Crippen LogP contribution in [0.1, 0.15) is 38.3 Å². The third-order valence-electron chi connectivity index (χ3n) is 5.49. The number of aryl methyl sites for hydroxylation is 1. The summed E-state index contributed by atoms with van der Waals surface area (Å²) in [5, 5.41) is 3.30. The minimum absolute atomic E-state index is 0.0455. The Bertz CT molecular complexity index is 1080. The molecule has 0 fully saturated rings. The molecule has 33 heavy (non-hydrogen) atoms. The number of halogens is 1. The highest BCUT2D eigenvalue weighted by molar-refractivity contribution is 7.92. The smallest absolute Gasteiger partial charge is 0.244 e. The molecule has 0 aromatic heterocycles. The maximum absolute atomic E-state index is 13.4. The third kappa shape index (κ3) is 7.47. The molecule has 9 heteroatoms. The Morgan fingerprint density at radius 3 is 2.27 bits per heavy atom. The SMILES string of the molecule is CC[C@@H](C)NC(=O)[C@H](C)N(Cc1ccccc1)C(=O)CN(c1ccc(C)c(Cl)c1)S(C)(=O)=O. The molecule has 0 saturated carbocycles. The maximum Gasteiger partial charge on any atom is 0.244 e. The van der Waals surface area contributed by atoms with Crippen molar-refractivity contribution in [3.8, 4) is 0 Å². The minimum atomic E-state index is -3.79. The monoisotopic (exact) mass is 493 g/mol. The molecule has 0 radical (unpaired) electrons. The van der Waals surface area contributed by atoms with Crippen LogP contribution in [-0.2, 0) is 26.2 Å². The van der Waals surface area contributed by atoms with Gasteiger partial charge in [0.05, 0.1) is 11.9 Å². The van der Waals surface area contributed by atoms with Gasteiger partial charge in [-0.15, -0.1) is 0 Å². The Labute approximate surface area is 201 Å². The van der Waals surface area contributed by atoms with E-state index in [9.17, 15) is 18.0 Å². The van der Waals surface area contributed by atoms with Gasteiger partial charge in [0, 0.05) is 17.6 Å². The molecule has 2 amide bonds. The molecule has 180 valence electrons. The average Bonchev–Trinajstić information content (AvgIpc) is 2.76. The first-order valence-corrected chi connectivity index (χ1v) is 13.0. The Morgan fingerprint density at radius 2 is 1.73 bits per heavy atom. The van der Waals surface area contributed by atoms with Gasteiger partial charge in [-0.3, -0.25) is 13.9 Å². The second-order valence-electron chi connectivity index (χ2n) is 8.20. The van der Waals surface area contributed by atoms with E-state index in [2.05, 4.69) is 5.32 Å². The van der Waals surface area contributed by atoms with Crippen molar-refractivity contribution in [2.24, 2.45) is 0 Å². The predicted octanol–water partition coefficient (Wildman–Crippen LogP) is 3.75. The van der Waals surface area contributed by atoms with Crippen LogP contribution >= 0.6 is 11.6 Å². The van der Waals surface area contributed by atoms with Crippen molar-refractivity contribution in [2.75, 3.05) is 17.1 Å². The summed E-state index contributed by atoms with van der Waals surface area (Å²) in [6.07, 6.45) is 1.79. The fourth-order valence-corrected chi connectivity index (χ4v) is 4.20. The molecule has 2 rings (SSSR count). The first-order chi connectivity index (χ1) is 15.4. The number of sulfonamides is 1. The molecule has 0 heterocycles. The highest BCUT2D eigenvalue weighted by Crippen LogP contribution is 2.25. The molecular weight excluding hydrogens is 462 g/mol. The second-order valence-corrected chi connectivity index (χ2v) is 10.5. The van der Waals surface area contributed by atoms with Crippen LogP contribution in [0.15, 0.2) is 48.5 Å². The minimum Gasteiger partial charge on any atom is -0.352 e. The molecule has 2 aromatic carbocycles. The summed E-state index contributed by atoms with van der Waals surface area (Å²) >= 11 is 6.20. The molecule has 1 N–H and O–H groups in total. The lowest BCUT2D eigenvalue weighted by atomic mass is 10.1. The van der Waals surface area contributed by atoms with E-state index in [1.165, 1.54) is 11.0 Å². The van der Waals surface area contributed by atoms with Gasteiger partial charge in [-0.25, -0.2) is 8.42 Å². The molecule has 0 aliphatic heterocycles. The van der Waals surface area contributed by atoms with E-state index in [0.29, 0.717) is 5.02 Å². The van der Waals surface area contributed by atoms with Gasteiger partial charge in [0.15, 0.2) is 0 Å². The van der Waals surface area contributed by atoms with Gasteiger partial charge in [-0.2, -0.15) is 0 Å². The van der Waals surface area contributed by atoms with Crippen LogP contribution < -0.4 is 9.62 Å². The van der Waals surface area contributed by atoms with Crippen LogP contribution in [0.3, 0.4) is 0 Å². The van der Waals surface area contributed by atoms with Crippen LogP contribution in [0.2, 0.25) is 5.02 Å². The Kier molecular flexibility index (Phi) is 9.31. The van der Waals surface area contributed by atoms with Crippen molar-refractivity contribution in [3.63, 3.8) is 0 Å². The summed E-state index contributed by atoms with van der Waals surface area (Å²) < 4.78 is 26.1. The van der Waals surface area contributed by atoms with Gasteiger partial charge >= 0.3 is 0 Å². The first kappa shape index (κ1) is 26.7. The lowest BCUT2D eigenvalue weighted by Crippen LogP contribution is -2.52. The largest absolute Gasteiger partial charge is 0.352 e. The topological polar surface area (TPSA) is 86.8 Å². The number of hydrogen-bond acceptors (Lipinski definition) is 4. The predicted molar refractivity (Wildman–Crippen MR) is 133 cm³/mol. The Hall–Kier alpha value is -2.58. The molecule has 2 aromatic rings. The number of hydrogen-bond donors (Lipinski definition) is 1. The molecule has 0 aliphatic carbocycles. The lowest BCUT2D eigenvalue weighted by molar-refractivity contribution is -0.139. The van der Waals surface area contributed by atoms with E-state index in [1.54, 1.807) is 26.0 Å². The molecule has 0 unspecified atom stereocenters. The number of nitrogens with one attached hydrogen (secondary N) is 1. The molecule has 0 aliphatic rings. The number of benzene rings is 2. The van der Waals surface area contributed by atoms with Crippen LogP contribution in [0.5, 0.6) is 0 Å². The summed E-state index contributed by atoms with van der Waals surface area (Å²) in [4.78, 5) is 27.7. The molecular formula is C24H32ClN3O4S. The number of amides is 2. The molecule has 7 nitrogen and oxygen atoms in total. The van der Waals surface area contributed by atoms with Gasteiger partial charge in [0.1, 0.15) is 12.6 Å². The number of nitrogens with zero attached hydrogens (tertiary/aromatic N) is 2. The molecule has 0 saturated heterocycles. The van der Waals surface area contributed by atoms with Crippen LogP contribution in [0.25, 0.3) is 0 Å². The maximum atomic E-state index is 13.4. The van der Waals surface area contributed by atoms with E-state index in [0.717, 1.165) is 28.1 Å². The normalized spacial score (nSPS) is 13.2. The summed E-state index contributed by atoms with van der Waals surface area (Å²) in [7, 11) is -3.79. The summed E-state index contributed by atoms with van der Waals surface area (Å²) in [6, 6.07) is 13.2. The molecule has 2 atom stereocenters. The van der Waals surface area contributed by atoms with Crippen molar-refractivity contribution in [1.82, 2.24) is 10.2 Å². The first-order valence-electron chi connectivity index (χ1n) is 10.8. The molecule has 0 bridgehead atoms. The average molecular weight is 494 g/mol. The van der Waals surface area contributed by atoms with E-state index < -0.39 is 28.5 Å². The molecule has 0 spiro atoms. The van der Waals surface area contributed by atoms with Gasteiger partial charge in [-0.05, 0) is 50.5 Å². The zero-order chi connectivity index (χ0) is 24.8. The van der Waals surface area contributed by atoms with Crippen molar-refractivity contribution in [1.29, 1.82) is 0 Å². The van der Waals surface area contributed by atoms with Crippen molar-refractivity contribution in [2.45, 2.75) is 52.7 Å². The number of carbonyl (C=O) groups is 2. The van der Waals surface area contributed by atoms with E-state index >= 15 is 0 Å². The quantitative estimate of drug-likeness (QED) is 0.546. The third-order valence-corrected chi connectivity index (χ3v) is 7.03.